The van der Waals surface area contributed by atoms with Crippen LogP contribution in [0.4, 0.5) is 0 Å². The molecule has 106 valence electrons. The number of carboxylic acid groups (broad SMARTS) is 1. The van der Waals surface area contributed by atoms with E-state index in [1.165, 1.54) is 0 Å². The predicted octanol–water partition coefficient (Wildman–Crippen LogP) is 2.53. The number of aliphatic carboxylic acids is 1. The van der Waals surface area contributed by atoms with Gasteiger partial charge in [-0.2, -0.15) is 11.8 Å². The molecule has 18 heavy (non-hydrogen) atoms. The molecule has 0 saturated carbocycles. The monoisotopic (exact) mass is 275 g/mol. The van der Waals surface area contributed by atoms with Gasteiger partial charge in [0.15, 0.2) is 0 Å². The molecule has 0 bridgehead atoms. The number of hydrogen-bond acceptors (Lipinski definition) is 3. The summed E-state index contributed by atoms with van der Waals surface area (Å²) >= 11 is 1.66. The van der Waals surface area contributed by atoms with Crippen LogP contribution in [0.1, 0.15) is 45.4 Å². The van der Waals surface area contributed by atoms with Gasteiger partial charge in [0.2, 0.25) is 5.91 Å². The first-order valence-electron chi connectivity index (χ1n) is 6.57. The molecule has 5 heteroatoms. The van der Waals surface area contributed by atoms with Crippen molar-refractivity contribution in [3.63, 3.8) is 0 Å². The summed E-state index contributed by atoms with van der Waals surface area (Å²) in [5.41, 5.74) is 0. The van der Waals surface area contributed by atoms with Gasteiger partial charge in [-0.25, -0.2) is 0 Å². The maximum atomic E-state index is 11.4. The van der Waals surface area contributed by atoms with Crippen LogP contribution < -0.4 is 5.32 Å². The van der Waals surface area contributed by atoms with Gasteiger partial charge in [-0.3, -0.25) is 9.59 Å². The molecule has 4 nitrogen and oxygen atoms in total. The van der Waals surface area contributed by atoms with Gasteiger partial charge in [0, 0.05) is 25.1 Å². The van der Waals surface area contributed by atoms with Crippen LogP contribution in [0, 0.1) is 5.92 Å². The molecular formula is C13H25NO3S. The van der Waals surface area contributed by atoms with Gasteiger partial charge in [-0.1, -0.05) is 19.8 Å². The van der Waals surface area contributed by atoms with E-state index in [0.29, 0.717) is 25.3 Å². The summed E-state index contributed by atoms with van der Waals surface area (Å²) in [6.07, 6.45) is 6.46. The van der Waals surface area contributed by atoms with Crippen molar-refractivity contribution in [2.24, 2.45) is 5.92 Å². The van der Waals surface area contributed by atoms with Crippen LogP contribution in [0.25, 0.3) is 0 Å². The molecule has 1 atom stereocenters. The van der Waals surface area contributed by atoms with Crippen LogP contribution >= 0.6 is 11.8 Å². The Bertz CT molecular complexity index is 246. The summed E-state index contributed by atoms with van der Waals surface area (Å²) in [5.74, 6) is 0.619. The van der Waals surface area contributed by atoms with E-state index in [9.17, 15) is 9.59 Å². The maximum Gasteiger partial charge on any atom is 0.303 e. The summed E-state index contributed by atoms with van der Waals surface area (Å²) in [5, 5.41) is 11.6. The lowest BCUT2D eigenvalue weighted by Crippen LogP contribution is -2.26. The molecule has 0 rings (SSSR count). The molecule has 0 heterocycles. The highest BCUT2D eigenvalue weighted by Gasteiger charge is 2.10. The Morgan fingerprint density at radius 2 is 1.94 bits per heavy atom. The topological polar surface area (TPSA) is 66.4 Å². The molecule has 0 aromatic heterocycles. The summed E-state index contributed by atoms with van der Waals surface area (Å²) in [4.78, 5) is 21.9. The normalized spacial score (nSPS) is 12.1. The highest BCUT2D eigenvalue weighted by atomic mass is 32.2. The lowest BCUT2D eigenvalue weighted by molar-refractivity contribution is -0.137. The van der Waals surface area contributed by atoms with Crippen LogP contribution in [-0.4, -0.2) is 35.5 Å². The third-order valence-corrected chi connectivity index (χ3v) is 3.48. The number of carbonyl (C=O) groups excluding carboxylic acids is 1. The van der Waals surface area contributed by atoms with E-state index in [1.54, 1.807) is 11.8 Å². The lowest BCUT2D eigenvalue weighted by Gasteiger charge is -2.15. The summed E-state index contributed by atoms with van der Waals surface area (Å²) < 4.78 is 0. The van der Waals surface area contributed by atoms with Crippen molar-refractivity contribution < 1.29 is 14.7 Å². The number of carbonyl (C=O) groups is 2. The van der Waals surface area contributed by atoms with Crippen molar-refractivity contribution in [3.05, 3.63) is 0 Å². The Hall–Kier alpha value is -0.710. The van der Waals surface area contributed by atoms with Gasteiger partial charge in [0.05, 0.1) is 0 Å². The molecule has 0 aliphatic carbocycles. The van der Waals surface area contributed by atoms with E-state index in [2.05, 4.69) is 12.2 Å². The van der Waals surface area contributed by atoms with Crippen LogP contribution in [0.5, 0.6) is 0 Å². The minimum Gasteiger partial charge on any atom is -0.481 e. The second kappa shape index (κ2) is 11.4. The fourth-order valence-corrected chi connectivity index (χ4v) is 2.26. The Morgan fingerprint density at radius 3 is 2.50 bits per heavy atom. The van der Waals surface area contributed by atoms with Crippen LogP contribution in [0.3, 0.4) is 0 Å². The first-order chi connectivity index (χ1) is 8.60. The highest BCUT2D eigenvalue weighted by Crippen LogP contribution is 2.17. The van der Waals surface area contributed by atoms with E-state index in [1.807, 2.05) is 6.26 Å². The molecule has 2 N–H and O–H groups in total. The standard InChI is InChI=1S/C13H25NO3S/c1-3-4-11(5-6-13(16)17)7-9-14-12(15)8-10-18-2/h11H,3-10H2,1-2H3,(H,14,15)(H,16,17). The van der Waals surface area contributed by atoms with Crippen molar-refractivity contribution in [2.45, 2.75) is 45.4 Å². The number of nitrogens with one attached hydrogen (secondary N) is 1. The third-order valence-electron chi connectivity index (χ3n) is 2.87. The van der Waals surface area contributed by atoms with Gasteiger partial charge in [0.25, 0.3) is 0 Å². The zero-order valence-corrected chi connectivity index (χ0v) is 12.2. The van der Waals surface area contributed by atoms with Gasteiger partial charge < -0.3 is 10.4 Å². The fourth-order valence-electron chi connectivity index (χ4n) is 1.87. The van der Waals surface area contributed by atoms with E-state index in [4.69, 9.17) is 5.11 Å². The first-order valence-corrected chi connectivity index (χ1v) is 7.97. The average molecular weight is 275 g/mol. The average Bonchev–Trinajstić information content (AvgIpc) is 2.33. The number of carboxylic acids is 1. The molecule has 0 aromatic rings. The molecule has 1 amide bonds. The highest BCUT2D eigenvalue weighted by molar-refractivity contribution is 7.98. The predicted molar refractivity (Wildman–Crippen MR) is 75.9 cm³/mol. The number of thioether (sulfide) groups is 1. The third kappa shape index (κ3) is 10.4. The quantitative estimate of drug-likeness (QED) is 0.608. The second-order valence-corrected chi connectivity index (χ2v) is 5.45. The lowest BCUT2D eigenvalue weighted by atomic mass is 9.94. The molecule has 0 radical (unpaired) electrons. The van der Waals surface area contributed by atoms with Gasteiger partial charge in [-0.05, 0) is 25.0 Å². The fraction of sp³-hybridized carbons (Fsp3) is 0.846. The molecule has 0 spiro atoms. The largest absolute Gasteiger partial charge is 0.481 e. The molecule has 1 unspecified atom stereocenters. The zero-order valence-electron chi connectivity index (χ0n) is 11.4. The first kappa shape index (κ1) is 17.3. The number of hydrogen-bond donors (Lipinski definition) is 2. The van der Waals surface area contributed by atoms with Crippen molar-refractivity contribution in [1.82, 2.24) is 5.32 Å². The summed E-state index contributed by atoms with van der Waals surface area (Å²) in [6.45, 7) is 2.77. The molecule has 0 aliphatic rings. The Balaban J connectivity index is 3.74. The molecule has 0 fully saturated rings. The van der Waals surface area contributed by atoms with Gasteiger partial charge in [-0.15, -0.1) is 0 Å². The van der Waals surface area contributed by atoms with Crippen LogP contribution in [0.2, 0.25) is 0 Å². The van der Waals surface area contributed by atoms with Crippen LogP contribution in [0.15, 0.2) is 0 Å². The Kier molecular flexibility index (Phi) is 10.9. The maximum absolute atomic E-state index is 11.4. The molecule has 0 saturated heterocycles. The second-order valence-electron chi connectivity index (χ2n) is 4.47. The zero-order chi connectivity index (χ0) is 13.8. The Morgan fingerprint density at radius 1 is 1.22 bits per heavy atom. The minimum atomic E-state index is -0.736. The summed E-state index contributed by atoms with van der Waals surface area (Å²) in [7, 11) is 0. The van der Waals surface area contributed by atoms with E-state index in [0.717, 1.165) is 25.0 Å². The minimum absolute atomic E-state index is 0.0952. The molecule has 0 aliphatic heterocycles. The number of amides is 1. The summed E-state index contributed by atoms with van der Waals surface area (Å²) in [6, 6.07) is 0. The SMILES string of the molecule is CCCC(CCNC(=O)CCSC)CCC(=O)O. The van der Waals surface area contributed by atoms with Crippen molar-refractivity contribution in [2.75, 3.05) is 18.6 Å². The van der Waals surface area contributed by atoms with Crippen LogP contribution in [-0.2, 0) is 9.59 Å². The van der Waals surface area contributed by atoms with Crippen molar-refractivity contribution in [1.29, 1.82) is 0 Å². The van der Waals surface area contributed by atoms with Gasteiger partial charge in [0.1, 0.15) is 0 Å². The van der Waals surface area contributed by atoms with E-state index < -0.39 is 5.97 Å². The van der Waals surface area contributed by atoms with E-state index in [-0.39, 0.29) is 12.3 Å². The smallest absolute Gasteiger partial charge is 0.303 e. The van der Waals surface area contributed by atoms with E-state index >= 15 is 0 Å². The molecular weight excluding hydrogens is 250 g/mol. The van der Waals surface area contributed by atoms with Gasteiger partial charge >= 0.3 is 5.97 Å². The Labute approximate surface area is 114 Å². The van der Waals surface area contributed by atoms with Crippen molar-refractivity contribution in [3.8, 4) is 0 Å². The number of rotatable bonds is 11. The van der Waals surface area contributed by atoms with Crippen molar-refractivity contribution >= 4 is 23.6 Å². The molecule has 0 aromatic carbocycles.